The second-order valence-electron chi connectivity index (χ2n) is 3.89. The van der Waals surface area contributed by atoms with Gasteiger partial charge in [0.25, 0.3) is 0 Å². The molecule has 2 nitrogen and oxygen atoms in total. The van der Waals surface area contributed by atoms with Crippen molar-refractivity contribution in [2.45, 2.75) is 32.8 Å². The summed E-state index contributed by atoms with van der Waals surface area (Å²) in [6.45, 7) is 5.39. The third-order valence-corrected chi connectivity index (χ3v) is 2.02. The van der Waals surface area contributed by atoms with Gasteiger partial charge < -0.3 is 5.11 Å². The fraction of sp³-hybridized carbons (Fsp3) is 0.500. The van der Waals surface area contributed by atoms with Crippen molar-refractivity contribution < 1.29 is 5.11 Å². The van der Waals surface area contributed by atoms with Gasteiger partial charge in [-0.1, -0.05) is 17.7 Å². The Hall–Kier alpha value is -0.600. The van der Waals surface area contributed by atoms with Gasteiger partial charge in [0.15, 0.2) is 0 Å². The Kier molecular flexibility index (Phi) is 2.94. The monoisotopic (exact) mass is 199 g/mol. The molecule has 1 N–H and O–H groups in total. The minimum absolute atomic E-state index is 0.488. The smallest absolute Gasteiger partial charge is 0.132 e. The molecule has 0 atom stereocenters. The van der Waals surface area contributed by atoms with Crippen molar-refractivity contribution in [1.29, 1.82) is 0 Å². The molecule has 1 aromatic rings. The molecule has 0 bridgehead atoms. The molecule has 13 heavy (non-hydrogen) atoms. The third-order valence-electron chi connectivity index (χ3n) is 1.69. The molecule has 0 aliphatic rings. The molecule has 0 aliphatic carbocycles. The molecular weight excluding hydrogens is 186 g/mol. The summed E-state index contributed by atoms with van der Waals surface area (Å²) in [6.07, 6.45) is 0.527. The molecule has 0 aliphatic heterocycles. The van der Waals surface area contributed by atoms with Gasteiger partial charge in [-0.25, -0.2) is 4.98 Å². The van der Waals surface area contributed by atoms with Gasteiger partial charge in [0.2, 0.25) is 0 Å². The third kappa shape index (κ3) is 3.33. The number of hydrogen-bond donors (Lipinski definition) is 1. The average molecular weight is 200 g/mol. The molecule has 0 unspecified atom stereocenters. The van der Waals surface area contributed by atoms with E-state index in [9.17, 15) is 5.11 Å². The minimum Gasteiger partial charge on any atom is -0.390 e. The van der Waals surface area contributed by atoms with Gasteiger partial charge >= 0.3 is 0 Å². The van der Waals surface area contributed by atoms with Crippen LogP contribution in [0.15, 0.2) is 12.1 Å². The highest BCUT2D eigenvalue weighted by atomic mass is 35.5. The number of nitrogens with zero attached hydrogens (tertiary/aromatic N) is 1. The first-order valence-corrected chi connectivity index (χ1v) is 4.61. The zero-order chi connectivity index (χ0) is 10.1. The van der Waals surface area contributed by atoms with Gasteiger partial charge in [0, 0.05) is 12.1 Å². The van der Waals surface area contributed by atoms with Gasteiger partial charge in [0.1, 0.15) is 5.15 Å². The molecule has 3 heteroatoms. The number of pyridine rings is 1. The molecule has 0 amide bonds. The van der Waals surface area contributed by atoms with Crippen LogP contribution in [0, 0.1) is 6.92 Å². The van der Waals surface area contributed by atoms with E-state index in [2.05, 4.69) is 4.98 Å². The molecule has 0 fully saturated rings. The van der Waals surface area contributed by atoms with Crippen LogP contribution in [-0.4, -0.2) is 15.7 Å². The van der Waals surface area contributed by atoms with Crippen molar-refractivity contribution in [3.63, 3.8) is 0 Å². The molecule has 0 saturated carbocycles. The van der Waals surface area contributed by atoms with Crippen LogP contribution in [0.2, 0.25) is 5.15 Å². The standard InChI is InChI=1S/C10H14ClNO/c1-7-4-5-8(9(11)12-7)6-10(2,3)13/h4-5,13H,6H2,1-3H3. The summed E-state index contributed by atoms with van der Waals surface area (Å²) in [4.78, 5) is 4.11. The summed E-state index contributed by atoms with van der Waals surface area (Å²) >= 11 is 5.91. The lowest BCUT2D eigenvalue weighted by atomic mass is 10.00. The van der Waals surface area contributed by atoms with E-state index in [-0.39, 0.29) is 0 Å². The topological polar surface area (TPSA) is 33.1 Å². The first kappa shape index (κ1) is 10.5. The summed E-state index contributed by atoms with van der Waals surface area (Å²) in [5.74, 6) is 0. The zero-order valence-corrected chi connectivity index (χ0v) is 8.89. The van der Waals surface area contributed by atoms with Crippen molar-refractivity contribution in [2.75, 3.05) is 0 Å². The van der Waals surface area contributed by atoms with E-state index in [0.29, 0.717) is 11.6 Å². The Labute approximate surface area is 83.6 Å². The highest BCUT2D eigenvalue weighted by molar-refractivity contribution is 6.30. The molecule has 0 spiro atoms. The largest absolute Gasteiger partial charge is 0.390 e. The quantitative estimate of drug-likeness (QED) is 0.742. The lowest BCUT2D eigenvalue weighted by molar-refractivity contribution is 0.0809. The predicted octanol–water partition coefficient (Wildman–Crippen LogP) is 2.36. The van der Waals surface area contributed by atoms with Crippen LogP contribution in [0.4, 0.5) is 0 Å². The Morgan fingerprint density at radius 1 is 1.46 bits per heavy atom. The van der Waals surface area contributed by atoms with Gasteiger partial charge in [-0.15, -0.1) is 0 Å². The van der Waals surface area contributed by atoms with Crippen LogP contribution in [-0.2, 0) is 6.42 Å². The summed E-state index contributed by atoms with van der Waals surface area (Å²) < 4.78 is 0. The van der Waals surface area contributed by atoms with Gasteiger partial charge in [-0.3, -0.25) is 0 Å². The van der Waals surface area contributed by atoms with Crippen molar-refractivity contribution in [1.82, 2.24) is 4.98 Å². The first-order valence-electron chi connectivity index (χ1n) is 4.23. The van der Waals surface area contributed by atoms with Gasteiger partial charge in [0.05, 0.1) is 5.60 Å². The highest BCUT2D eigenvalue weighted by Crippen LogP contribution is 2.19. The Morgan fingerprint density at radius 3 is 2.54 bits per heavy atom. The van der Waals surface area contributed by atoms with Crippen LogP contribution in [0.1, 0.15) is 25.1 Å². The fourth-order valence-corrected chi connectivity index (χ4v) is 1.41. The SMILES string of the molecule is Cc1ccc(CC(C)(C)O)c(Cl)n1. The second-order valence-corrected chi connectivity index (χ2v) is 4.25. The van der Waals surface area contributed by atoms with E-state index in [1.807, 2.05) is 19.1 Å². The van der Waals surface area contributed by atoms with E-state index in [4.69, 9.17) is 11.6 Å². The van der Waals surface area contributed by atoms with E-state index >= 15 is 0 Å². The van der Waals surface area contributed by atoms with Gasteiger partial charge in [-0.05, 0) is 32.4 Å². The fourth-order valence-electron chi connectivity index (χ4n) is 1.15. The van der Waals surface area contributed by atoms with E-state index < -0.39 is 5.60 Å². The molecule has 1 heterocycles. The van der Waals surface area contributed by atoms with E-state index in [1.165, 1.54) is 0 Å². The highest BCUT2D eigenvalue weighted by Gasteiger charge is 2.15. The van der Waals surface area contributed by atoms with Crippen LogP contribution in [0.5, 0.6) is 0 Å². The van der Waals surface area contributed by atoms with Crippen molar-refractivity contribution in [3.05, 3.63) is 28.5 Å². The second kappa shape index (κ2) is 3.64. The predicted molar refractivity (Wildman–Crippen MR) is 54.0 cm³/mol. The zero-order valence-electron chi connectivity index (χ0n) is 8.13. The van der Waals surface area contributed by atoms with Crippen molar-refractivity contribution in [3.8, 4) is 0 Å². The first-order chi connectivity index (χ1) is 5.88. The molecule has 0 saturated heterocycles. The number of rotatable bonds is 2. The van der Waals surface area contributed by atoms with Crippen LogP contribution < -0.4 is 0 Å². The Balaban J connectivity index is 2.90. The lowest BCUT2D eigenvalue weighted by Crippen LogP contribution is -2.22. The van der Waals surface area contributed by atoms with Crippen LogP contribution in [0.3, 0.4) is 0 Å². The summed E-state index contributed by atoms with van der Waals surface area (Å²) in [5, 5.41) is 10.1. The number of aromatic nitrogens is 1. The minimum atomic E-state index is -0.736. The summed E-state index contributed by atoms with van der Waals surface area (Å²) in [6, 6.07) is 3.80. The number of aryl methyl sites for hydroxylation is 1. The lowest BCUT2D eigenvalue weighted by Gasteiger charge is -2.17. The number of aliphatic hydroxyl groups is 1. The Bertz CT molecular complexity index is 304. The summed E-state index contributed by atoms with van der Waals surface area (Å²) in [5.41, 5.74) is 1.05. The van der Waals surface area contributed by atoms with E-state index in [0.717, 1.165) is 11.3 Å². The summed E-state index contributed by atoms with van der Waals surface area (Å²) in [7, 11) is 0. The maximum atomic E-state index is 9.58. The average Bonchev–Trinajstić information content (AvgIpc) is 1.93. The molecule has 0 radical (unpaired) electrons. The molecule has 1 aromatic heterocycles. The van der Waals surface area contributed by atoms with Gasteiger partial charge in [-0.2, -0.15) is 0 Å². The maximum Gasteiger partial charge on any atom is 0.132 e. The van der Waals surface area contributed by atoms with E-state index in [1.54, 1.807) is 13.8 Å². The molecular formula is C10H14ClNO. The van der Waals surface area contributed by atoms with Crippen molar-refractivity contribution >= 4 is 11.6 Å². The van der Waals surface area contributed by atoms with Crippen LogP contribution in [0.25, 0.3) is 0 Å². The normalized spacial score (nSPS) is 11.8. The maximum absolute atomic E-state index is 9.58. The number of hydrogen-bond acceptors (Lipinski definition) is 2. The Morgan fingerprint density at radius 2 is 2.08 bits per heavy atom. The molecule has 72 valence electrons. The molecule has 1 rings (SSSR count). The molecule has 0 aromatic carbocycles. The van der Waals surface area contributed by atoms with Crippen LogP contribution >= 0.6 is 11.6 Å². The van der Waals surface area contributed by atoms with Crippen molar-refractivity contribution in [2.24, 2.45) is 0 Å². The number of halogens is 1.